The lowest BCUT2D eigenvalue weighted by Gasteiger charge is -2.24. The smallest absolute Gasteiger partial charge is 0.193 e. The molecule has 2 aromatic rings. The Morgan fingerprint density at radius 3 is 2.89 bits per heavy atom. The van der Waals surface area contributed by atoms with Crippen LogP contribution in [0.5, 0.6) is 0 Å². The fourth-order valence-corrected chi connectivity index (χ4v) is 4.01. The second-order valence-electron chi connectivity index (χ2n) is 7.10. The van der Waals surface area contributed by atoms with E-state index in [1.807, 2.05) is 20.0 Å². The molecule has 0 spiro atoms. The average Bonchev–Trinajstić information content (AvgIpc) is 3.32. The van der Waals surface area contributed by atoms with E-state index in [2.05, 4.69) is 25.6 Å². The molecule has 27 heavy (non-hydrogen) atoms. The molecule has 1 unspecified atom stereocenters. The van der Waals surface area contributed by atoms with Crippen LogP contribution in [0, 0.1) is 5.82 Å². The van der Waals surface area contributed by atoms with Crippen LogP contribution in [0.1, 0.15) is 42.1 Å². The minimum absolute atomic E-state index is 0.00693. The maximum atomic E-state index is 13.6. The number of hydrogen-bond donors (Lipinski definition) is 1. The van der Waals surface area contributed by atoms with Gasteiger partial charge < -0.3 is 15.0 Å². The molecule has 7 heteroatoms. The van der Waals surface area contributed by atoms with Crippen LogP contribution >= 0.6 is 11.3 Å². The molecule has 0 bridgehead atoms. The molecule has 0 radical (unpaired) electrons. The molecule has 1 aromatic heterocycles. The van der Waals surface area contributed by atoms with E-state index in [1.165, 1.54) is 6.07 Å². The highest BCUT2D eigenvalue weighted by molar-refractivity contribution is 7.09. The number of benzene rings is 1. The molecule has 1 N–H and O–H groups in total. The summed E-state index contributed by atoms with van der Waals surface area (Å²) in [6, 6.07) is 6.94. The quantitative estimate of drug-likeness (QED) is 0.578. The number of methoxy groups -OCH3 is 1. The molecule has 1 fully saturated rings. The van der Waals surface area contributed by atoms with E-state index in [4.69, 9.17) is 4.74 Å². The number of aliphatic imine (C=N–C) groups is 1. The molecule has 0 aliphatic heterocycles. The van der Waals surface area contributed by atoms with Crippen molar-refractivity contribution in [2.24, 2.45) is 4.99 Å². The van der Waals surface area contributed by atoms with Crippen molar-refractivity contribution < 1.29 is 9.13 Å². The van der Waals surface area contributed by atoms with Gasteiger partial charge in [0.05, 0.1) is 12.2 Å². The van der Waals surface area contributed by atoms with Gasteiger partial charge in [0, 0.05) is 38.5 Å². The summed E-state index contributed by atoms with van der Waals surface area (Å²) in [4.78, 5) is 11.1. The van der Waals surface area contributed by atoms with Gasteiger partial charge in [0.1, 0.15) is 16.9 Å². The number of nitrogens with zero attached hydrogens (tertiary/aromatic N) is 3. The van der Waals surface area contributed by atoms with Gasteiger partial charge in [-0.25, -0.2) is 9.37 Å². The summed E-state index contributed by atoms with van der Waals surface area (Å²) in [5.74, 6) is 0.636. The molecule has 1 aliphatic carbocycles. The SMILES string of the molecule is CN=C(NCC1(c2cccc(F)c2)CC1)N(C)Cc1csc(C(C)OC)n1. The van der Waals surface area contributed by atoms with Crippen LogP contribution in [0.25, 0.3) is 0 Å². The predicted octanol–water partition coefficient (Wildman–Crippen LogP) is 3.73. The summed E-state index contributed by atoms with van der Waals surface area (Å²) in [7, 11) is 5.46. The van der Waals surface area contributed by atoms with Crippen molar-refractivity contribution in [1.29, 1.82) is 0 Å². The Bertz CT molecular complexity index is 803. The fourth-order valence-electron chi connectivity index (χ4n) is 3.17. The van der Waals surface area contributed by atoms with E-state index in [0.29, 0.717) is 6.54 Å². The van der Waals surface area contributed by atoms with E-state index in [0.717, 1.165) is 41.6 Å². The summed E-state index contributed by atoms with van der Waals surface area (Å²) in [5, 5.41) is 6.49. The number of rotatable bonds is 7. The van der Waals surface area contributed by atoms with E-state index < -0.39 is 0 Å². The zero-order chi connectivity index (χ0) is 19.4. The van der Waals surface area contributed by atoms with Crippen LogP contribution in [0.15, 0.2) is 34.6 Å². The minimum atomic E-state index is -0.176. The van der Waals surface area contributed by atoms with Gasteiger partial charge >= 0.3 is 0 Å². The highest BCUT2D eigenvalue weighted by atomic mass is 32.1. The highest BCUT2D eigenvalue weighted by Crippen LogP contribution is 2.47. The molecule has 1 atom stereocenters. The first-order valence-corrected chi connectivity index (χ1v) is 10.0. The fraction of sp³-hybridized carbons (Fsp3) is 0.500. The van der Waals surface area contributed by atoms with Gasteiger partial charge in [-0.05, 0) is 37.5 Å². The first kappa shape index (κ1) is 19.8. The number of hydrogen-bond acceptors (Lipinski definition) is 4. The van der Waals surface area contributed by atoms with Crippen LogP contribution in [0.2, 0.25) is 0 Å². The molecular formula is C20H27FN4OS. The molecule has 1 saturated carbocycles. The molecule has 1 aromatic carbocycles. The number of thiazole rings is 1. The van der Waals surface area contributed by atoms with Gasteiger partial charge in [0.25, 0.3) is 0 Å². The Morgan fingerprint density at radius 2 is 2.26 bits per heavy atom. The molecule has 5 nitrogen and oxygen atoms in total. The third-order valence-corrected chi connectivity index (χ3v) is 6.17. The average molecular weight is 391 g/mol. The molecule has 3 rings (SSSR count). The first-order valence-electron chi connectivity index (χ1n) is 9.12. The van der Waals surface area contributed by atoms with Gasteiger partial charge in [-0.15, -0.1) is 11.3 Å². The Hall–Kier alpha value is -1.99. The Labute approximate surface area is 164 Å². The van der Waals surface area contributed by atoms with Crippen LogP contribution in [0.3, 0.4) is 0 Å². The standard InChI is InChI=1S/C20H27FN4OS/c1-14(26-4)18-24-17(12-27-18)11-25(3)19(22-2)23-13-20(8-9-20)15-6-5-7-16(21)10-15/h5-7,10,12,14H,8-9,11,13H2,1-4H3,(H,22,23). The van der Waals surface area contributed by atoms with Crippen molar-refractivity contribution in [3.8, 4) is 0 Å². The summed E-state index contributed by atoms with van der Waals surface area (Å²) in [6.07, 6.45) is 2.13. The van der Waals surface area contributed by atoms with Crippen molar-refractivity contribution in [3.63, 3.8) is 0 Å². The lowest BCUT2D eigenvalue weighted by molar-refractivity contribution is 0.119. The van der Waals surface area contributed by atoms with E-state index in [1.54, 1.807) is 37.6 Å². The Morgan fingerprint density at radius 1 is 1.48 bits per heavy atom. The van der Waals surface area contributed by atoms with E-state index in [9.17, 15) is 4.39 Å². The van der Waals surface area contributed by atoms with Crippen molar-refractivity contribution in [1.82, 2.24) is 15.2 Å². The lowest BCUT2D eigenvalue weighted by atomic mass is 9.96. The maximum Gasteiger partial charge on any atom is 0.193 e. The largest absolute Gasteiger partial charge is 0.375 e. The molecule has 146 valence electrons. The predicted molar refractivity (Wildman–Crippen MR) is 108 cm³/mol. The minimum Gasteiger partial charge on any atom is -0.375 e. The summed E-state index contributed by atoms with van der Waals surface area (Å²) >= 11 is 1.61. The van der Waals surface area contributed by atoms with Gasteiger partial charge in [0.15, 0.2) is 5.96 Å². The number of nitrogens with one attached hydrogen (secondary N) is 1. The van der Waals surface area contributed by atoms with Gasteiger partial charge in [-0.1, -0.05) is 12.1 Å². The summed E-state index contributed by atoms with van der Waals surface area (Å²) in [5.41, 5.74) is 2.07. The Kier molecular flexibility index (Phi) is 6.11. The topological polar surface area (TPSA) is 49.8 Å². The van der Waals surface area contributed by atoms with Crippen molar-refractivity contribution in [2.75, 3.05) is 27.7 Å². The second kappa shape index (κ2) is 8.35. The van der Waals surface area contributed by atoms with Crippen LogP contribution < -0.4 is 5.32 Å². The maximum absolute atomic E-state index is 13.6. The lowest BCUT2D eigenvalue weighted by Crippen LogP contribution is -2.42. The number of ether oxygens (including phenoxy) is 1. The Balaban J connectivity index is 1.59. The van der Waals surface area contributed by atoms with Gasteiger partial charge in [-0.2, -0.15) is 0 Å². The first-order chi connectivity index (χ1) is 13.0. The number of guanidine groups is 1. The van der Waals surface area contributed by atoms with Crippen molar-refractivity contribution in [2.45, 2.75) is 37.8 Å². The highest BCUT2D eigenvalue weighted by Gasteiger charge is 2.44. The number of halogens is 1. The van der Waals surface area contributed by atoms with Gasteiger partial charge in [-0.3, -0.25) is 4.99 Å². The van der Waals surface area contributed by atoms with Crippen LogP contribution in [-0.2, 0) is 16.7 Å². The monoisotopic (exact) mass is 390 g/mol. The molecule has 0 amide bonds. The zero-order valence-corrected chi connectivity index (χ0v) is 17.1. The number of aromatic nitrogens is 1. The van der Waals surface area contributed by atoms with Gasteiger partial charge in [0.2, 0.25) is 0 Å². The molecule has 0 saturated heterocycles. The normalized spacial score (nSPS) is 16.9. The summed E-state index contributed by atoms with van der Waals surface area (Å²) < 4.78 is 18.9. The van der Waals surface area contributed by atoms with Crippen molar-refractivity contribution in [3.05, 3.63) is 51.7 Å². The summed E-state index contributed by atoms with van der Waals surface area (Å²) in [6.45, 7) is 3.41. The third kappa shape index (κ3) is 4.65. The van der Waals surface area contributed by atoms with Crippen LogP contribution in [0.4, 0.5) is 4.39 Å². The zero-order valence-electron chi connectivity index (χ0n) is 16.3. The van der Waals surface area contributed by atoms with E-state index >= 15 is 0 Å². The van der Waals surface area contributed by atoms with Crippen molar-refractivity contribution >= 4 is 17.3 Å². The van der Waals surface area contributed by atoms with E-state index in [-0.39, 0.29) is 17.3 Å². The molecule has 1 aliphatic rings. The second-order valence-corrected chi connectivity index (χ2v) is 7.99. The molecule has 1 heterocycles. The van der Waals surface area contributed by atoms with Crippen LogP contribution in [-0.4, -0.2) is 43.6 Å². The molecular weight excluding hydrogens is 363 g/mol. The third-order valence-electron chi connectivity index (χ3n) is 5.12.